The normalized spacial score (nSPS) is 11.1. The van der Waals surface area contributed by atoms with Crippen molar-refractivity contribution >= 4 is 21.6 Å². The van der Waals surface area contributed by atoms with Crippen LogP contribution in [0.2, 0.25) is 0 Å². The molecule has 0 aliphatic rings. The lowest BCUT2D eigenvalue weighted by atomic mass is 10.2. The molecule has 0 atom stereocenters. The van der Waals surface area contributed by atoms with Crippen molar-refractivity contribution in [3.05, 3.63) is 48.0 Å². The van der Waals surface area contributed by atoms with Gasteiger partial charge in [-0.25, -0.2) is 21.9 Å². The Labute approximate surface area is 155 Å². The average molecular weight is 400 g/mol. The van der Waals surface area contributed by atoms with Gasteiger partial charge in [-0.05, 0) is 18.2 Å². The summed E-state index contributed by atoms with van der Waals surface area (Å²) in [6.45, 7) is -0.228. The number of methoxy groups -OCH3 is 2. The van der Waals surface area contributed by atoms with E-state index < -0.39 is 32.5 Å². The lowest BCUT2D eigenvalue weighted by molar-refractivity contribution is -0.116. The van der Waals surface area contributed by atoms with Crippen LogP contribution < -0.4 is 19.5 Å². The number of rotatable bonds is 8. The third-order valence-corrected chi connectivity index (χ3v) is 4.94. The first kappa shape index (κ1) is 20.6. The third-order valence-electron chi connectivity index (χ3n) is 3.48. The number of ether oxygens (including phenoxy) is 2. The van der Waals surface area contributed by atoms with Crippen molar-refractivity contribution in [2.24, 2.45) is 0 Å². The minimum absolute atomic E-state index is 0.178. The van der Waals surface area contributed by atoms with Crippen molar-refractivity contribution in [1.29, 1.82) is 0 Å². The highest BCUT2D eigenvalue weighted by atomic mass is 32.2. The molecule has 7 nitrogen and oxygen atoms in total. The molecule has 2 rings (SSSR count). The summed E-state index contributed by atoms with van der Waals surface area (Å²) >= 11 is 0. The topological polar surface area (TPSA) is 93.7 Å². The van der Waals surface area contributed by atoms with Crippen molar-refractivity contribution < 1.29 is 31.5 Å². The molecule has 0 radical (unpaired) electrons. The van der Waals surface area contributed by atoms with Crippen LogP contribution in [0.4, 0.5) is 14.5 Å². The van der Waals surface area contributed by atoms with Crippen LogP contribution in [0.5, 0.6) is 11.5 Å². The van der Waals surface area contributed by atoms with Crippen molar-refractivity contribution in [3.8, 4) is 11.5 Å². The number of sulfonamides is 1. The number of hydrogen-bond acceptors (Lipinski definition) is 5. The Morgan fingerprint density at radius 1 is 1.00 bits per heavy atom. The Balaban J connectivity index is 1.95. The molecular weight excluding hydrogens is 382 g/mol. The summed E-state index contributed by atoms with van der Waals surface area (Å²) in [5, 5.41) is 2.59. The second kappa shape index (κ2) is 8.78. The van der Waals surface area contributed by atoms with E-state index >= 15 is 0 Å². The minimum Gasteiger partial charge on any atom is -0.497 e. The van der Waals surface area contributed by atoms with Gasteiger partial charge in [0.1, 0.15) is 11.5 Å². The predicted octanol–water partition coefficient (Wildman–Crippen LogP) is 2.29. The molecule has 0 unspecified atom stereocenters. The predicted molar refractivity (Wildman–Crippen MR) is 94.3 cm³/mol. The fourth-order valence-corrected chi connectivity index (χ4v) is 3.17. The van der Waals surface area contributed by atoms with E-state index in [1.54, 1.807) is 18.2 Å². The molecule has 10 heteroatoms. The molecule has 0 aliphatic heterocycles. The number of carbonyl (C=O) groups excluding carboxylic acids is 1. The first-order valence-corrected chi connectivity index (χ1v) is 9.21. The second-order valence-electron chi connectivity index (χ2n) is 5.37. The third kappa shape index (κ3) is 5.63. The number of hydrogen-bond donors (Lipinski definition) is 2. The highest BCUT2D eigenvalue weighted by molar-refractivity contribution is 7.89. The van der Waals surface area contributed by atoms with Crippen LogP contribution in [-0.4, -0.2) is 35.1 Å². The van der Waals surface area contributed by atoms with Gasteiger partial charge in [-0.15, -0.1) is 0 Å². The van der Waals surface area contributed by atoms with Gasteiger partial charge in [0.15, 0.2) is 11.6 Å². The number of carbonyl (C=O) groups is 1. The second-order valence-corrected chi connectivity index (χ2v) is 7.14. The minimum atomic E-state index is -4.07. The zero-order chi connectivity index (χ0) is 20.0. The summed E-state index contributed by atoms with van der Waals surface area (Å²) in [6, 6.07) is 7.00. The van der Waals surface area contributed by atoms with Crippen molar-refractivity contribution in [2.45, 2.75) is 11.3 Å². The number of anilines is 1. The van der Waals surface area contributed by atoms with Gasteiger partial charge in [0.2, 0.25) is 15.9 Å². The van der Waals surface area contributed by atoms with E-state index in [9.17, 15) is 22.0 Å². The van der Waals surface area contributed by atoms with Crippen molar-refractivity contribution in [3.63, 3.8) is 0 Å². The zero-order valence-electron chi connectivity index (χ0n) is 14.6. The molecule has 0 heterocycles. The van der Waals surface area contributed by atoms with E-state index in [4.69, 9.17) is 9.47 Å². The molecule has 0 aliphatic carbocycles. The Morgan fingerprint density at radius 3 is 2.19 bits per heavy atom. The van der Waals surface area contributed by atoms with E-state index in [1.165, 1.54) is 14.2 Å². The van der Waals surface area contributed by atoms with E-state index in [-0.39, 0.29) is 13.0 Å². The summed E-state index contributed by atoms with van der Waals surface area (Å²) in [5.74, 6) is -1.93. The maximum Gasteiger partial charge on any atom is 0.240 e. The molecule has 0 spiro atoms. The van der Waals surface area contributed by atoms with Crippen LogP contribution in [0.1, 0.15) is 6.42 Å². The molecule has 2 aromatic carbocycles. The van der Waals surface area contributed by atoms with Crippen LogP contribution in [0.15, 0.2) is 41.3 Å². The number of nitrogens with one attached hydrogen (secondary N) is 2. The number of amides is 1. The van der Waals surface area contributed by atoms with Crippen molar-refractivity contribution in [1.82, 2.24) is 4.72 Å². The lowest BCUT2D eigenvalue weighted by Gasteiger charge is -2.10. The van der Waals surface area contributed by atoms with Gasteiger partial charge in [-0.2, -0.15) is 0 Å². The molecule has 0 bridgehead atoms. The summed E-state index contributed by atoms with van der Waals surface area (Å²) in [4.78, 5) is 11.6. The van der Waals surface area contributed by atoms with Crippen LogP contribution in [0.3, 0.4) is 0 Å². The van der Waals surface area contributed by atoms with Crippen LogP contribution in [-0.2, 0) is 14.8 Å². The molecule has 0 saturated heterocycles. The molecule has 0 saturated carbocycles. The zero-order valence-corrected chi connectivity index (χ0v) is 15.4. The maximum absolute atomic E-state index is 13.2. The largest absolute Gasteiger partial charge is 0.497 e. The molecule has 0 aromatic heterocycles. The fraction of sp³-hybridized carbons (Fsp3) is 0.235. The number of benzene rings is 2. The summed E-state index contributed by atoms with van der Waals surface area (Å²) in [5.41, 5.74) is 0.416. The fourth-order valence-electron chi connectivity index (χ4n) is 2.13. The summed E-state index contributed by atoms with van der Waals surface area (Å²) in [7, 11) is -1.13. The highest BCUT2D eigenvalue weighted by Gasteiger charge is 2.16. The highest BCUT2D eigenvalue weighted by Crippen LogP contribution is 2.25. The van der Waals surface area contributed by atoms with Gasteiger partial charge in [-0.3, -0.25) is 4.79 Å². The molecule has 146 valence electrons. The average Bonchev–Trinajstić information content (AvgIpc) is 2.63. The van der Waals surface area contributed by atoms with Gasteiger partial charge in [-0.1, -0.05) is 0 Å². The lowest BCUT2D eigenvalue weighted by Crippen LogP contribution is -2.28. The molecule has 27 heavy (non-hydrogen) atoms. The molecule has 2 aromatic rings. The van der Waals surface area contributed by atoms with Crippen LogP contribution >= 0.6 is 0 Å². The smallest absolute Gasteiger partial charge is 0.240 e. The first-order valence-electron chi connectivity index (χ1n) is 7.73. The summed E-state index contributed by atoms with van der Waals surface area (Å²) < 4.78 is 62.5. The van der Waals surface area contributed by atoms with Crippen LogP contribution in [0.25, 0.3) is 0 Å². The van der Waals surface area contributed by atoms with E-state index in [1.807, 2.05) is 0 Å². The van der Waals surface area contributed by atoms with E-state index in [0.717, 1.165) is 6.07 Å². The molecular formula is C17H18F2N2O5S. The standard InChI is InChI=1S/C17H18F2N2O5S/c1-25-12-7-11(8-13(9-12)26-2)21-17(22)5-6-20-27(23,24)14-3-4-15(18)16(19)10-14/h3-4,7-10,20H,5-6H2,1-2H3,(H,21,22). The van der Waals surface area contributed by atoms with Gasteiger partial charge < -0.3 is 14.8 Å². The van der Waals surface area contributed by atoms with E-state index in [2.05, 4.69) is 10.0 Å². The van der Waals surface area contributed by atoms with Crippen molar-refractivity contribution in [2.75, 3.05) is 26.1 Å². The van der Waals surface area contributed by atoms with Gasteiger partial charge >= 0.3 is 0 Å². The Kier molecular flexibility index (Phi) is 6.70. The van der Waals surface area contributed by atoms with E-state index in [0.29, 0.717) is 29.3 Å². The Bertz CT molecular complexity index is 913. The summed E-state index contributed by atoms with van der Waals surface area (Å²) in [6.07, 6.45) is -0.178. The monoisotopic (exact) mass is 400 g/mol. The molecule has 1 amide bonds. The van der Waals surface area contributed by atoms with Crippen LogP contribution in [0, 0.1) is 11.6 Å². The maximum atomic E-state index is 13.2. The SMILES string of the molecule is COc1cc(NC(=O)CCNS(=O)(=O)c2ccc(F)c(F)c2)cc(OC)c1. The Morgan fingerprint density at radius 2 is 1.63 bits per heavy atom. The van der Waals surface area contributed by atoms with Gasteiger partial charge in [0, 0.05) is 36.9 Å². The first-order chi connectivity index (χ1) is 12.7. The Hall–Kier alpha value is -2.72. The molecule has 0 fully saturated rings. The quantitative estimate of drug-likeness (QED) is 0.709. The molecule has 2 N–H and O–H groups in total. The van der Waals surface area contributed by atoms with Gasteiger partial charge in [0.25, 0.3) is 0 Å². The number of halogens is 2. The van der Waals surface area contributed by atoms with Gasteiger partial charge in [0.05, 0.1) is 19.1 Å².